The van der Waals surface area contributed by atoms with Crippen LogP contribution in [-0.2, 0) is 7.05 Å². The largest absolute Gasteiger partial charge is 0.369 e. The quantitative estimate of drug-likeness (QED) is 0.760. The molecule has 0 fully saturated rings. The molecule has 20 heavy (non-hydrogen) atoms. The molecular weight excluding hydrogens is 280 g/mol. The maximum Gasteiger partial charge on any atom is 0.339 e. The first-order valence-electron chi connectivity index (χ1n) is 6.01. The zero-order chi connectivity index (χ0) is 14.5. The normalized spacial score (nSPS) is 10.5. The number of aryl methyl sites for hydroxylation is 1. The van der Waals surface area contributed by atoms with Crippen molar-refractivity contribution in [2.75, 3.05) is 11.9 Å². The van der Waals surface area contributed by atoms with Crippen molar-refractivity contribution in [3.05, 3.63) is 33.1 Å². The van der Waals surface area contributed by atoms with E-state index in [9.17, 15) is 9.59 Å². The van der Waals surface area contributed by atoms with Gasteiger partial charge in [-0.25, -0.2) is 4.98 Å². The average Bonchev–Trinajstić information content (AvgIpc) is 2.43. The van der Waals surface area contributed by atoms with Crippen LogP contribution in [0.4, 0.5) is 5.82 Å². The molecule has 0 aliphatic rings. The summed E-state index contributed by atoms with van der Waals surface area (Å²) in [5.74, 6) is 0.659. The van der Waals surface area contributed by atoms with Gasteiger partial charge in [0.15, 0.2) is 5.16 Å². The van der Waals surface area contributed by atoms with E-state index in [-0.39, 0.29) is 0 Å². The first kappa shape index (κ1) is 14.3. The second-order valence-corrected chi connectivity index (χ2v) is 4.96. The Morgan fingerprint density at radius 3 is 2.90 bits per heavy atom. The van der Waals surface area contributed by atoms with E-state index in [1.165, 1.54) is 4.68 Å². The third kappa shape index (κ3) is 3.44. The summed E-state index contributed by atoms with van der Waals surface area (Å²) >= 11 is 1.15. The Labute approximate surface area is 118 Å². The highest BCUT2D eigenvalue weighted by atomic mass is 32.2. The molecule has 0 saturated carbocycles. The zero-order valence-corrected chi connectivity index (χ0v) is 11.9. The molecule has 2 aromatic rings. The monoisotopic (exact) mass is 294 g/mol. The average molecular weight is 294 g/mol. The van der Waals surface area contributed by atoms with Crippen molar-refractivity contribution in [2.24, 2.45) is 7.05 Å². The Bertz CT molecular complexity index is 711. The molecule has 9 heteroatoms. The van der Waals surface area contributed by atoms with Crippen molar-refractivity contribution in [2.45, 2.75) is 23.5 Å². The van der Waals surface area contributed by atoms with Gasteiger partial charge in [0.05, 0.1) is 12.4 Å². The van der Waals surface area contributed by atoms with Gasteiger partial charge in [0.2, 0.25) is 0 Å². The van der Waals surface area contributed by atoms with Crippen LogP contribution in [0, 0.1) is 0 Å². The molecule has 0 aliphatic heterocycles. The summed E-state index contributed by atoms with van der Waals surface area (Å²) in [5.41, 5.74) is -1.57. The number of aromatic nitrogens is 5. The molecule has 0 saturated heterocycles. The van der Waals surface area contributed by atoms with Gasteiger partial charge in [0.1, 0.15) is 10.8 Å². The van der Waals surface area contributed by atoms with Crippen LogP contribution < -0.4 is 16.4 Å². The fourth-order valence-corrected chi connectivity index (χ4v) is 2.14. The minimum absolute atomic E-state index is 0.344. The molecule has 0 spiro atoms. The number of anilines is 1. The lowest BCUT2D eigenvalue weighted by molar-refractivity contribution is 0.596. The smallest absolute Gasteiger partial charge is 0.339 e. The summed E-state index contributed by atoms with van der Waals surface area (Å²) in [4.78, 5) is 34.5. The van der Waals surface area contributed by atoms with Crippen LogP contribution in [0.1, 0.15) is 13.3 Å². The molecule has 0 atom stereocenters. The van der Waals surface area contributed by atoms with Gasteiger partial charge in [-0.1, -0.05) is 6.92 Å². The number of nitrogens with zero attached hydrogens (tertiary/aromatic N) is 4. The number of hydrogen-bond acceptors (Lipinski definition) is 7. The van der Waals surface area contributed by atoms with E-state index in [2.05, 4.69) is 32.3 Å². The van der Waals surface area contributed by atoms with Crippen LogP contribution in [0.3, 0.4) is 0 Å². The van der Waals surface area contributed by atoms with Crippen LogP contribution in [0.2, 0.25) is 0 Å². The van der Waals surface area contributed by atoms with Crippen molar-refractivity contribution in [3.8, 4) is 0 Å². The van der Waals surface area contributed by atoms with E-state index < -0.39 is 11.1 Å². The highest BCUT2D eigenvalue weighted by molar-refractivity contribution is 7.99. The first-order chi connectivity index (χ1) is 9.60. The Morgan fingerprint density at radius 2 is 2.15 bits per heavy atom. The van der Waals surface area contributed by atoms with Gasteiger partial charge in [-0.15, -0.1) is 0 Å². The third-order valence-electron chi connectivity index (χ3n) is 2.31. The summed E-state index contributed by atoms with van der Waals surface area (Å²) in [6, 6.07) is 0. The summed E-state index contributed by atoms with van der Waals surface area (Å²) in [6.45, 7) is 2.86. The van der Waals surface area contributed by atoms with Crippen LogP contribution >= 0.6 is 11.8 Å². The molecule has 8 nitrogen and oxygen atoms in total. The molecule has 2 aromatic heterocycles. The predicted octanol–water partition coefficient (Wildman–Crippen LogP) is 0.232. The molecule has 0 aliphatic carbocycles. The van der Waals surface area contributed by atoms with Crippen LogP contribution in [0.15, 0.2) is 32.2 Å². The van der Waals surface area contributed by atoms with E-state index in [1.807, 2.05) is 0 Å². The number of H-pyrrole nitrogens is 1. The molecular formula is C11H14N6O2S. The molecule has 0 radical (unpaired) electrons. The van der Waals surface area contributed by atoms with Crippen molar-refractivity contribution in [3.63, 3.8) is 0 Å². The maximum absolute atomic E-state index is 11.3. The summed E-state index contributed by atoms with van der Waals surface area (Å²) in [6.07, 6.45) is 4.17. The highest BCUT2D eigenvalue weighted by Gasteiger charge is 2.08. The molecule has 0 bridgehead atoms. The highest BCUT2D eigenvalue weighted by Crippen LogP contribution is 2.22. The van der Waals surface area contributed by atoms with Gasteiger partial charge in [0, 0.05) is 13.6 Å². The number of nitrogens with one attached hydrogen (secondary N) is 2. The fourth-order valence-electron chi connectivity index (χ4n) is 1.38. The Kier molecular flexibility index (Phi) is 4.51. The SMILES string of the molecule is CCCNc1cncc(Sc2nc(=O)c(=O)[nH]n2C)n1. The number of hydrogen-bond donors (Lipinski definition) is 2. The van der Waals surface area contributed by atoms with Crippen LogP contribution in [0.5, 0.6) is 0 Å². The predicted molar refractivity (Wildman–Crippen MR) is 75.0 cm³/mol. The van der Waals surface area contributed by atoms with E-state index in [1.54, 1.807) is 19.4 Å². The summed E-state index contributed by atoms with van der Waals surface area (Å²) < 4.78 is 1.38. The summed E-state index contributed by atoms with van der Waals surface area (Å²) in [5, 5.41) is 6.43. The zero-order valence-electron chi connectivity index (χ0n) is 11.1. The number of aromatic amines is 1. The minimum Gasteiger partial charge on any atom is -0.369 e. The van der Waals surface area contributed by atoms with Crippen molar-refractivity contribution in [1.82, 2.24) is 24.7 Å². The van der Waals surface area contributed by atoms with Crippen molar-refractivity contribution >= 4 is 17.6 Å². The topological polar surface area (TPSA) is 106 Å². The van der Waals surface area contributed by atoms with Crippen molar-refractivity contribution in [1.29, 1.82) is 0 Å². The lowest BCUT2D eigenvalue weighted by Crippen LogP contribution is -2.33. The molecule has 2 heterocycles. The lowest BCUT2D eigenvalue weighted by Gasteiger charge is -2.07. The second kappa shape index (κ2) is 6.33. The van der Waals surface area contributed by atoms with E-state index in [4.69, 9.17) is 0 Å². The maximum atomic E-state index is 11.3. The van der Waals surface area contributed by atoms with Crippen LogP contribution in [-0.4, -0.2) is 31.3 Å². The van der Waals surface area contributed by atoms with Crippen molar-refractivity contribution < 1.29 is 0 Å². The third-order valence-corrected chi connectivity index (χ3v) is 3.27. The Balaban J connectivity index is 2.24. The lowest BCUT2D eigenvalue weighted by atomic mass is 10.5. The molecule has 2 N–H and O–H groups in total. The van der Waals surface area contributed by atoms with Crippen LogP contribution in [0.25, 0.3) is 0 Å². The van der Waals surface area contributed by atoms with E-state index in [0.29, 0.717) is 16.0 Å². The number of rotatable bonds is 5. The Morgan fingerprint density at radius 1 is 1.35 bits per heavy atom. The van der Waals surface area contributed by atoms with Gasteiger partial charge in [-0.05, 0) is 18.2 Å². The van der Waals surface area contributed by atoms with Gasteiger partial charge >= 0.3 is 11.1 Å². The standard InChI is InChI=1S/C11H14N6O2S/c1-3-4-13-7-5-12-6-8(14-7)20-11-15-9(18)10(19)16-17(11)2/h5-6H,3-4H2,1-2H3,(H,13,14)(H,16,19). The first-order valence-corrected chi connectivity index (χ1v) is 6.83. The second-order valence-electron chi connectivity index (χ2n) is 3.97. The molecule has 0 unspecified atom stereocenters. The molecule has 0 amide bonds. The summed E-state index contributed by atoms with van der Waals surface area (Å²) in [7, 11) is 1.60. The molecule has 0 aromatic carbocycles. The Hall–Kier alpha value is -2.16. The minimum atomic E-state index is -0.821. The van der Waals surface area contributed by atoms with Gasteiger partial charge in [-0.3, -0.25) is 24.4 Å². The van der Waals surface area contributed by atoms with Gasteiger partial charge in [0.25, 0.3) is 0 Å². The van der Waals surface area contributed by atoms with Gasteiger partial charge < -0.3 is 5.32 Å². The molecule has 106 valence electrons. The van der Waals surface area contributed by atoms with E-state index in [0.717, 1.165) is 24.7 Å². The fraction of sp³-hybridized carbons (Fsp3) is 0.364. The van der Waals surface area contributed by atoms with E-state index >= 15 is 0 Å². The van der Waals surface area contributed by atoms with Gasteiger partial charge in [-0.2, -0.15) is 4.98 Å². The molecule has 2 rings (SSSR count).